The molecule has 1 atom stereocenters. The molecule has 0 heterocycles. The number of carbonyl (C=O) groups is 2. The van der Waals surface area contributed by atoms with Crippen molar-refractivity contribution in [3.63, 3.8) is 0 Å². The van der Waals surface area contributed by atoms with Gasteiger partial charge in [-0.1, -0.05) is 19.9 Å². The highest BCUT2D eigenvalue weighted by molar-refractivity contribution is 9.10. The summed E-state index contributed by atoms with van der Waals surface area (Å²) in [5.74, 6) is -0.762. The maximum Gasteiger partial charge on any atom is 0.344 e. The van der Waals surface area contributed by atoms with E-state index in [-0.39, 0.29) is 12.5 Å². The zero-order valence-electron chi connectivity index (χ0n) is 14.2. The molecule has 0 radical (unpaired) electrons. The number of carbonyl (C=O) groups excluding carboxylic acids is 2. The number of ether oxygens (including phenoxy) is 2. The number of hydrogen-bond acceptors (Lipinski definition) is 5. The monoisotopic (exact) mass is 396 g/mol. The number of nitriles is 1. The second kappa shape index (κ2) is 8.69. The standard InChI is InChI=1S/C17H21BrN2O4/c1-11(2)17(4,10-19)20-15(21)8-24-16(22)9-23-14-6-5-12(3)7-13(14)18/h5-7,11H,8-9H2,1-4H3,(H,20,21)/t17-/m0/s1. The first kappa shape index (κ1) is 20.0. The summed E-state index contributed by atoms with van der Waals surface area (Å²) < 4.78 is 10.9. The van der Waals surface area contributed by atoms with Gasteiger partial charge in [-0.3, -0.25) is 4.79 Å². The Labute approximate surface area is 150 Å². The van der Waals surface area contributed by atoms with Gasteiger partial charge in [-0.15, -0.1) is 0 Å². The summed E-state index contributed by atoms with van der Waals surface area (Å²) in [5, 5.41) is 11.7. The number of benzene rings is 1. The zero-order valence-corrected chi connectivity index (χ0v) is 15.8. The molecule has 0 aliphatic rings. The summed E-state index contributed by atoms with van der Waals surface area (Å²) in [4.78, 5) is 23.5. The van der Waals surface area contributed by atoms with Gasteiger partial charge in [0.15, 0.2) is 13.2 Å². The van der Waals surface area contributed by atoms with E-state index in [4.69, 9.17) is 14.7 Å². The summed E-state index contributed by atoms with van der Waals surface area (Å²) >= 11 is 3.34. The van der Waals surface area contributed by atoms with Crippen molar-refractivity contribution >= 4 is 27.8 Å². The lowest BCUT2D eigenvalue weighted by Gasteiger charge is -2.27. The zero-order chi connectivity index (χ0) is 18.3. The van der Waals surface area contributed by atoms with E-state index in [1.807, 2.05) is 32.9 Å². The van der Waals surface area contributed by atoms with Gasteiger partial charge in [-0.25, -0.2) is 4.79 Å². The van der Waals surface area contributed by atoms with Gasteiger partial charge in [-0.2, -0.15) is 5.26 Å². The van der Waals surface area contributed by atoms with Crippen LogP contribution in [0.1, 0.15) is 26.3 Å². The fraction of sp³-hybridized carbons (Fsp3) is 0.471. The molecule has 0 saturated heterocycles. The molecule has 0 saturated carbocycles. The Morgan fingerprint density at radius 3 is 2.58 bits per heavy atom. The fourth-order valence-electron chi connectivity index (χ4n) is 1.67. The third-order valence-electron chi connectivity index (χ3n) is 3.58. The van der Waals surface area contributed by atoms with Crippen LogP contribution in [0, 0.1) is 24.2 Å². The van der Waals surface area contributed by atoms with Crippen LogP contribution < -0.4 is 10.1 Å². The smallest absolute Gasteiger partial charge is 0.344 e. The van der Waals surface area contributed by atoms with Gasteiger partial charge in [0, 0.05) is 0 Å². The van der Waals surface area contributed by atoms with E-state index in [1.165, 1.54) is 0 Å². The third-order valence-corrected chi connectivity index (χ3v) is 4.20. The molecule has 24 heavy (non-hydrogen) atoms. The molecule has 1 rings (SSSR count). The van der Waals surface area contributed by atoms with Gasteiger partial charge in [0.25, 0.3) is 5.91 Å². The minimum atomic E-state index is -1.01. The number of nitrogens with one attached hydrogen (secondary N) is 1. The van der Waals surface area contributed by atoms with E-state index in [2.05, 4.69) is 27.3 Å². The third kappa shape index (κ3) is 5.85. The minimum absolute atomic E-state index is 0.0793. The topological polar surface area (TPSA) is 88.4 Å². The Morgan fingerprint density at radius 2 is 2.04 bits per heavy atom. The van der Waals surface area contributed by atoms with E-state index >= 15 is 0 Å². The summed E-state index contributed by atoms with van der Waals surface area (Å²) in [6.07, 6.45) is 0. The normalized spacial score (nSPS) is 12.9. The van der Waals surface area contributed by atoms with Gasteiger partial charge in [0.1, 0.15) is 11.3 Å². The molecule has 0 aliphatic carbocycles. The highest BCUT2D eigenvalue weighted by Gasteiger charge is 2.30. The van der Waals surface area contributed by atoms with Crippen molar-refractivity contribution in [3.05, 3.63) is 28.2 Å². The molecule has 0 aliphatic heterocycles. The lowest BCUT2D eigenvalue weighted by Crippen LogP contribution is -2.50. The van der Waals surface area contributed by atoms with Crippen molar-refractivity contribution in [1.82, 2.24) is 5.32 Å². The number of amides is 1. The molecule has 0 bridgehead atoms. The van der Waals surface area contributed by atoms with Gasteiger partial charge < -0.3 is 14.8 Å². The summed E-state index contributed by atoms with van der Waals surface area (Å²) in [6.45, 7) is 6.43. The number of rotatable bonds is 7. The van der Waals surface area contributed by atoms with Gasteiger partial charge >= 0.3 is 5.97 Å². The first-order chi connectivity index (χ1) is 11.2. The molecule has 0 fully saturated rings. The molecule has 7 heteroatoms. The van der Waals surface area contributed by atoms with E-state index in [9.17, 15) is 9.59 Å². The maximum atomic E-state index is 11.8. The van der Waals surface area contributed by atoms with Gasteiger partial charge in [0.05, 0.1) is 10.5 Å². The van der Waals surface area contributed by atoms with E-state index < -0.39 is 24.0 Å². The van der Waals surface area contributed by atoms with Crippen LogP contribution in [-0.4, -0.2) is 30.6 Å². The SMILES string of the molecule is Cc1ccc(OCC(=O)OCC(=O)N[C@@](C)(C#N)C(C)C)c(Br)c1. The number of halogens is 1. The predicted molar refractivity (Wildman–Crippen MR) is 92.3 cm³/mol. The Bertz CT molecular complexity index is 654. The molecule has 1 N–H and O–H groups in total. The molecular formula is C17H21BrN2O4. The van der Waals surface area contributed by atoms with Crippen LogP contribution in [-0.2, 0) is 14.3 Å². The summed E-state index contributed by atoms with van der Waals surface area (Å²) in [7, 11) is 0. The van der Waals surface area contributed by atoms with Crippen molar-refractivity contribution in [3.8, 4) is 11.8 Å². The largest absolute Gasteiger partial charge is 0.481 e. The number of aryl methyl sites for hydroxylation is 1. The highest BCUT2D eigenvalue weighted by atomic mass is 79.9. The maximum absolute atomic E-state index is 11.8. The van der Waals surface area contributed by atoms with Crippen LogP contribution in [0.2, 0.25) is 0 Å². The number of nitrogens with zero attached hydrogens (tertiary/aromatic N) is 1. The van der Waals surface area contributed by atoms with Crippen molar-refractivity contribution in [2.24, 2.45) is 5.92 Å². The molecule has 6 nitrogen and oxygen atoms in total. The van der Waals surface area contributed by atoms with Crippen LogP contribution in [0.5, 0.6) is 5.75 Å². The Morgan fingerprint density at radius 1 is 1.38 bits per heavy atom. The average molecular weight is 397 g/mol. The number of hydrogen-bond donors (Lipinski definition) is 1. The summed E-state index contributed by atoms with van der Waals surface area (Å²) in [5.41, 5.74) is 0.0476. The first-order valence-electron chi connectivity index (χ1n) is 7.44. The van der Waals surface area contributed by atoms with Crippen LogP contribution in [0.4, 0.5) is 0 Å². The molecule has 0 aromatic heterocycles. The first-order valence-corrected chi connectivity index (χ1v) is 8.24. The second-order valence-electron chi connectivity index (χ2n) is 5.90. The molecule has 0 spiro atoms. The molecular weight excluding hydrogens is 376 g/mol. The van der Waals surface area contributed by atoms with Crippen LogP contribution >= 0.6 is 15.9 Å². The lowest BCUT2D eigenvalue weighted by molar-refractivity contribution is -0.150. The van der Waals surface area contributed by atoms with Crippen molar-refractivity contribution in [2.75, 3.05) is 13.2 Å². The summed E-state index contributed by atoms with van der Waals surface area (Å²) in [6, 6.07) is 7.51. The number of esters is 1. The quantitative estimate of drug-likeness (QED) is 0.715. The molecule has 1 aromatic carbocycles. The van der Waals surface area contributed by atoms with Crippen LogP contribution in [0.3, 0.4) is 0 Å². The molecule has 1 amide bonds. The predicted octanol–water partition coefficient (Wildman–Crippen LogP) is 2.73. The molecule has 0 unspecified atom stereocenters. The minimum Gasteiger partial charge on any atom is -0.481 e. The van der Waals surface area contributed by atoms with Crippen molar-refractivity contribution in [1.29, 1.82) is 5.26 Å². The Hall–Kier alpha value is -2.07. The fourth-order valence-corrected chi connectivity index (χ4v) is 2.28. The van der Waals surface area contributed by atoms with E-state index in [0.29, 0.717) is 5.75 Å². The Kier molecular flexibility index (Phi) is 7.23. The highest BCUT2D eigenvalue weighted by Crippen LogP contribution is 2.25. The van der Waals surface area contributed by atoms with Gasteiger partial charge in [0.2, 0.25) is 0 Å². The van der Waals surface area contributed by atoms with Crippen molar-refractivity contribution < 1.29 is 19.1 Å². The molecule has 1 aromatic rings. The van der Waals surface area contributed by atoms with Crippen molar-refractivity contribution in [2.45, 2.75) is 33.2 Å². The average Bonchev–Trinajstić information content (AvgIpc) is 2.51. The van der Waals surface area contributed by atoms with E-state index in [0.717, 1.165) is 10.0 Å². The Balaban J connectivity index is 2.44. The molecule has 130 valence electrons. The van der Waals surface area contributed by atoms with E-state index in [1.54, 1.807) is 13.0 Å². The van der Waals surface area contributed by atoms with Crippen LogP contribution in [0.15, 0.2) is 22.7 Å². The van der Waals surface area contributed by atoms with Gasteiger partial charge in [-0.05, 0) is 53.4 Å². The lowest BCUT2D eigenvalue weighted by atomic mass is 9.90. The van der Waals surface area contributed by atoms with Crippen LogP contribution in [0.25, 0.3) is 0 Å². The second-order valence-corrected chi connectivity index (χ2v) is 6.75.